The molecular formula is C30H44O5. The molecule has 0 saturated heterocycles. The zero-order valence-electron chi connectivity index (χ0n) is 22.1. The second-order valence-electron chi connectivity index (χ2n) is 10.3. The third kappa shape index (κ3) is 11.3. The van der Waals surface area contributed by atoms with Crippen molar-refractivity contribution in [1.82, 2.24) is 0 Å². The van der Waals surface area contributed by atoms with E-state index in [4.69, 9.17) is 9.15 Å². The predicted octanol–water partition coefficient (Wildman–Crippen LogP) is 7.28. The molecule has 0 aliphatic heterocycles. The number of esters is 1. The van der Waals surface area contributed by atoms with Gasteiger partial charge in [-0.2, -0.15) is 0 Å². The lowest BCUT2D eigenvalue weighted by atomic mass is 9.95. The zero-order valence-corrected chi connectivity index (χ0v) is 22.1. The highest BCUT2D eigenvalue weighted by atomic mass is 16.6. The van der Waals surface area contributed by atoms with Gasteiger partial charge in [0.15, 0.2) is 0 Å². The van der Waals surface area contributed by atoms with Gasteiger partial charge < -0.3 is 14.3 Å². The Morgan fingerprint density at radius 2 is 1.69 bits per heavy atom. The average molecular weight is 485 g/mol. The first-order valence-corrected chi connectivity index (χ1v) is 13.3. The summed E-state index contributed by atoms with van der Waals surface area (Å²) < 4.78 is 11.0. The van der Waals surface area contributed by atoms with Gasteiger partial charge in [0.2, 0.25) is 0 Å². The van der Waals surface area contributed by atoms with E-state index in [1.807, 2.05) is 25.1 Å². The number of rotatable bonds is 16. The first kappa shape index (κ1) is 28.8. The van der Waals surface area contributed by atoms with Gasteiger partial charge in [0.1, 0.15) is 11.7 Å². The molecule has 0 aliphatic rings. The highest BCUT2D eigenvalue weighted by Gasteiger charge is 2.30. The fraction of sp³-hybridized carbons (Fsp3) is 0.600. The van der Waals surface area contributed by atoms with Crippen molar-refractivity contribution < 1.29 is 19.1 Å². The Morgan fingerprint density at radius 3 is 2.37 bits per heavy atom. The van der Waals surface area contributed by atoms with Crippen molar-refractivity contribution in [3.05, 3.63) is 58.0 Å². The van der Waals surface area contributed by atoms with E-state index in [-0.39, 0.29) is 11.6 Å². The number of carbonyl (C=O) groups is 1. The molecule has 1 N–H and O–H groups in total. The van der Waals surface area contributed by atoms with Crippen LogP contribution in [0.5, 0.6) is 0 Å². The number of carbonyl (C=O) groups excluding carboxylic acids is 1. The van der Waals surface area contributed by atoms with Gasteiger partial charge in [0, 0.05) is 17.9 Å². The summed E-state index contributed by atoms with van der Waals surface area (Å²) in [6.45, 7) is 7.66. The van der Waals surface area contributed by atoms with Crippen LogP contribution in [0.3, 0.4) is 0 Å². The van der Waals surface area contributed by atoms with Crippen molar-refractivity contribution in [2.75, 3.05) is 0 Å². The molecule has 0 unspecified atom stereocenters. The SMILES string of the molecule is CCCCCCCCCCC(=O)O[C@H](CC/C(C)=C/Cc1ccc2ccc(=O)oc2c1)C(C)(C)O. The van der Waals surface area contributed by atoms with Crippen LogP contribution in [0.2, 0.25) is 0 Å². The Labute approximate surface area is 210 Å². The molecule has 1 atom stereocenters. The molecular weight excluding hydrogens is 440 g/mol. The number of unbranched alkanes of at least 4 members (excludes halogenated alkanes) is 7. The second kappa shape index (κ2) is 14.9. The van der Waals surface area contributed by atoms with Crippen LogP contribution in [0.1, 0.15) is 104 Å². The molecule has 2 aromatic rings. The van der Waals surface area contributed by atoms with Gasteiger partial charge in [-0.25, -0.2) is 4.79 Å². The van der Waals surface area contributed by atoms with Crippen molar-refractivity contribution in [2.45, 2.75) is 116 Å². The first-order valence-electron chi connectivity index (χ1n) is 13.3. The number of hydrogen-bond acceptors (Lipinski definition) is 5. The minimum Gasteiger partial charge on any atom is -0.459 e. The molecule has 5 heteroatoms. The minimum absolute atomic E-state index is 0.220. The van der Waals surface area contributed by atoms with Gasteiger partial charge >= 0.3 is 11.6 Å². The molecule has 1 aromatic heterocycles. The van der Waals surface area contributed by atoms with Crippen LogP contribution in [0.25, 0.3) is 11.0 Å². The molecule has 0 aliphatic carbocycles. The molecule has 0 bridgehead atoms. The Kier molecular flexibility index (Phi) is 12.3. The molecule has 1 aromatic carbocycles. The molecule has 5 nitrogen and oxygen atoms in total. The van der Waals surface area contributed by atoms with Crippen molar-refractivity contribution in [3.63, 3.8) is 0 Å². The zero-order chi connectivity index (χ0) is 25.7. The van der Waals surface area contributed by atoms with E-state index in [0.717, 1.165) is 35.8 Å². The average Bonchev–Trinajstić information content (AvgIpc) is 2.81. The normalized spacial score (nSPS) is 13.2. The molecule has 0 fully saturated rings. The lowest BCUT2D eigenvalue weighted by Gasteiger charge is -2.29. The smallest absolute Gasteiger partial charge is 0.336 e. The monoisotopic (exact) mass is 484 g/mol. The van der Waals surface area contributed by atoms with Crippen molar-refractivity contribution in [2.24, 2.45) is 0 Å². The first-order chi connectivity index (χ1) is 16.7. The summed E-state index contributed by atoms with van der Waals surface area (Å²) in [5.41, 5.74) is 1.36. The van der Waals surface area contributed by atoms with Gasteiger partial charge in [-0.15, -0.1) is 0 Å². The van der Waals surface area contributed by atoms with E-state index < -0.39 is 11.7 Å². The molecule has 1 heterocycles. The van der Waals surface area contributed by atoms with E-state index in [0.29, 0.717) is 24.8 Å². The summed E-state index contributed by atoms with van der Waals surface area (Å²) in [4.78, 5) is 23.8. The molecule has 2 rings (SSSR count). The lowest BCUT2D eigenvalue weighted by Crippen LogP contribution is -2.39. The Bertz CT molecular complexity index is 996. The molecule has 0 amide bonds. The highest BCUT2D eigenvalue weighted by Crippen LogP contribution is 2.22. The van der Waals surface area contributed by atoms with E-state index in [1.165, 1.54) is 44.6 Å². The lowest BCUT2D eigenvalue weighted by molar-refractivity contribution is -0.162. The van der Waals surface area contributed by atoms with Crippen LogP contribution in [0.4, 0.5) is 0 Å². The van der Waals surface area contributed by atoms with Gasteiger partial charge in [-0.1, -0.05) is 75.7 Å². The molecule has 0 saturated carbocycles. The van der Waals surface area contributed by atoms with E-state index >= 15 is 0 Å². The second-order valence-corrected chi connectivity index (χ2v) is 10.3. The summed E-state index contributed by atoms with van der Waals surface area (Å²) in [6, 6.07) is 9.06. The number of fused-ring (bicyclic) bond motifs is 1. The number of hydrogen-bond donors (Lipinski definition) is 1. The van der Waals surface area contributed by atoms with Crippen LogP contribution < -0.4 is 5.63 Å². The molecule has 194 valence electrons. The summed E-state index contributed by atoms with van der Waals surface area (Å²) in [6.07, 6.45) is 13.5. The number of ether oxygens (including phenoxy) is 1. The summed E-state index contributed by atoms with van der Waals surface area (Å²) in [7, 11) is 0. The van der Waals surface area contributed by atoms with E-state index in [1.54, 1.807) is 19.9 Å². The number of allylic oxidation sites excluding steroid dienone is 2. The number of benzene rings is 1. The quantitative estimate of drug-likeness (QED) is 0.117. The van der Waals surface area contributed by atoms with Crippen LogP contribution in [-0.2, 0) is 16.0 Å². The topological polar surface area (TPSA) is 76.7 Å². The van der Waals surface area contributed by atoms with Crippen molar-refractivity contribution in [3.8, 4) is 0 Å². The van der Waals surface area contributed by atoms with Gasteiger partial charge in [0.25, 0.3) is 0 Å². The number of aliphatic hydroxyl groups is 1. The van der Waals surface area contributed by atoms with Crippen LogP contribution in [-0.4, -0.2) is 22.8 Å². The van der Waals surface area contributed by atoms with Gasteiger partial charge in [-0.3, -0.25) is 4.79 Å². The maximum atomic E-state index is 12.4. The van der Waals surface area contributed by atoms with E-state index in [9.17, 15) is 14.7 Å². The third-order valence-corrected chi connectivity index (χ3v) is 6.47. The van der Waals surface area contributed by atoms with Crippen molar-refractivity contribution in [1.29, 1.82) is 0 Å². The van der Waals surface area contributed by atoms with Crippen LogP contribution in [0.15, 0.2) is 51.2 Å². The fourth-order valence-electron chi connectivity index (χ4n) is 4.16. The van der Waals surface area contributed by atoms with Gasteiger partial charge in [0.05, 0.1) is 5.60 Å². The van der Waals surface area contributed by atoms with Crippen LogP contribution in [0, 0.1) is 0 Å². The summed E-state index contributed by atoms with van der Waals surface area (Å²) in [5.74, 6) is -0.220. The maximum Gasteiger partial charge on any atom is 0.336 e. The summed E-state index contributed by atoms with van der Waals surface area (Å²) >= 11 is 0. The largest absolute Gasteiger partial charge is 0.459 e. The molecule has 0 spiro atoms. The maximum absolute atomic E-state index is 12.4. The molecule has 35 heavy (non-hydrogen) atoms. The Hall–Kier alpha value is -2.40. The highest BCUT2D eigenvalue weighted by molar-refractivity contribution is 5.76. The summed E-state index contributed by atoms with van der Waals surface area (Å²) in [5, 5.41) is 11.4. The van der Waals surface area contributed by atoms with Crippen molar-refractivity contribution >= 4 is 16.9 Å². The molecule has 0 radical (unpaired) electrons. The van der Waals surface area contributed by atoms with Crippen LogP contribution >= 0.6 is 0 Å². The predicted molar refractivity (Wildman–Crippen MR) is 143 cm³/mol. The van der Waals surface area contributed by atoms with E-state index in [2.05, 4.69) is 13.0 Å². The third-order valence-electron chi connectivity index (χ3n) is 6.47. The van der Waals surface area contributed by atoms with Gasteiger partial charge in [-0.05, 0) is 64.2 Å². The Balaban J connectivity index is 1.78. The Morgan fingerprint density at radius 1 is 1.03 bits per heavy atom. The standard InChI is InChI=1S/C30H44O5/c1-5-6-7-8-9-10-11-12-13-28(31)35-27(30(3,4)33)20-15-23(2)14-16-24-17-18-25-19-21-29(32)34-26(25)22-24/h14,17-19,21-22,27,33H,5-13,15-16,20H2,1-4H3/b23-14+/t27-/m1/s1. The minimum atomic E-state index is -1.09. The fourth-order valence-corrected chi connectivity index (χ4v) is 4.16.